The number of carbonyl (C=O) groups excluding carboxylic acids is 2. The summed E-state index contributed by atoms with van der Waals surface area (Å²) in [6.07, 6.45) is 0. The number of nitrogens with zero attached hydrogens (tertiary/aromatic N) is 1. The number of benzene rings is 1. The molecule has 106 valence electrons. The van der Waals surface area contributed by atoms with Crippen molar-refractivity contribution in [1.82, 2.24) is 4.98 Å². The van der Waals surface area contributed by atoms with E-state index in [1.54, 1.807) is 25.1 Å². The number of ether oxygens (including phenoxy) is 2. The lowest BCUT2D eigenvalue weighted by Gasteiger charge is -2.08. The highest BCUT2D eigenvalue weighted by Gasteiger charge is 2.32. The van der Waals surface area contributed by atoms with E-state index in [2.05, 4.69) is 4.98 Å². The molecule has 0 fully saturated rings. The van der Waals surface area contributed by atoms with Crippen LogP contribution in [0.2, 0.25) is 0 Å². The van der Waals surface area contributed by atoms with Crippen LogP contribution in [0.4, 0.5) is 0 Å². The Hall–Kier alpha value is -2.37. The van der Waals surface area contributed by atoms with Crippen molar-refractivity contribution in [3.05, 3.63) is 24.1 Å². The van der Waals surface area contributed by atoms with Gasteiger partial charge in [0.1, 0.15) is 5.75 Å². The van der Waals surface area contributed by atoms with E-state index in [-0.39, 0.29) is 18.3 Å². The number of carbonyl (C=O) groups is 2. The van der Waals surface area contributed by atoms with Gasteiger partial charge in [0, 0.05) is 0 Å². The van der Waals surface area contributed by atoms with E-state index >= 15 is 0 Å². The minimum Gasteiger partial charge on any atom is -0.494 e. The standard InChI is InChI=1S/C14H15NO5/c1-4-19-14(17)11(8(2)16)13-15-12-9(18-3)6-5-7-10(12)20-13/h5-7,11H,4H2,1-3H3. The Morgan fingerprint density at radius 2 is 2.15 bits per heavy atom. The van der Waals surface area contributed by atoms with Gasteiger partial charge in [-0.3, -0.25) is 9.59 Å². The number of esters is 1. The van der Waals surface area contributed by atoms with Gasteiger partial charge in [0.25, 0.3) is 0 Å². The van der Waals surface area contributed by atoms with Gasteiger partial charge in [-0.1, -0.05) is 6.07 Å². The van der Waals surface area contributed by atoms with E-state index < -0.39 is 11.9 Å². The van der Waals surface area contributed by atoms with Gasteiger partial charge in [0.15, 0.2) is 22.8 Å². The van der Waals surface area contributed by atoms with Crippen molar-refractivity contribution in [2.24, 2.45) is 0 Å². The van der Waals surface area contributed by atoms with Gasteiger partial charge in [-0.15, -0.1) is 0 Å². The number of hydrogen-bond donors (Lipinski definition) is 0. The summed E-state index contributed by atoms with van der Waals surface area (Å²) >= 11 is 0. The average molecular weight is 277 g/mol. The lowest BCUT2D eigenvalue weighted by molar-refractivity contribution is -0.148. The normalized spacial score (nSPS) is 12.2. The number of ketones is 1. The number of para-hydroxylation sites is 1. The zero-order valence-corrected chi connectivity index (χ0v) is 11.5. The highest BCUT2D eigenvalue weighted by atomic mass is 16.5. The number of oxazole rings is 1. The first-order chi connectivity index (χ1) is 9.58. The molecule has 1 heterocycles. The molecule has 0 amide bonds. The molecule has 1 aromatic heterocycles. The van der Waals surface area contributed by atoms with Gasteiger partial charge in [-0.2, -0.15) is 0 Å². The minimum absolute atomic E-state index is 0.0236. The average Bonchev–Trinajstić information content (AvgIpc) is 2.81. The van der Waals surface area contributed by atoms with Crippen LogP contribution in [0.3, 0.4) is 0 Å². The van der Waals surface area contributed by atoms with Crippen LogP contribution < -0.4 is 4.74 Å². The first-order valence-electron chi connectivity index (χ1n) is 6.19. The number of aromatic nitrogens is 1. The van der Waals surface area contributed by atoms with E-state index in [9.17, 15) is 9.59 Å². The van der Waals surface area contributed by atoms with Gasteiger partial charge in [-0.05, 0) is 26.0 Å². The van der Waals surface area contributed by atoms with Crippen molar-refractivity contribution in [3.63, 3.8) is 0 Å². The molecule has 0 N–H and O–H groups in total. The van der Waals surface area contributed by atoms with Crippen molar-refractivity contribution in [3.8, 4) is 5.75 Å². The smallest absolute Gasteiger partial charge is 0.326 e. The molecular formula is C14H15NO5. The number of methoxy groups -OCH3 is 1. The van der Waals surface area contributed by atoms with Crippen molar-refractivity contribution < 1.29 is 23.5 Å². The fraction of sp³-hybridized carbons (Fsp3) is 0.357. The molecule has 0 aliphatic rings. The van der Waals surface area contributed by atoms with Gasteiger partial charge >= 0.3 is 5.97 Å². The highest BCUT2D eigenvalue weighted by Crippen LogP contribution is 2.29. The summed E-state index contributed by atoms with van der Waals surface area (Å²) in [4.78, 5) is 27.7. The molecule has 0 bridgehead atoms. The third-order valence-corrected chi connectivity index (χ3v) is 2.79. The zero-order valence-electron chi connectivity index (χ0n) is 11.5. The summed E-state index contributed by atoms with van der Waals surface area (Å²) in [5.41, 5.74) is 0.926. The summed E-state index contributed by atoms with van der Waals surface area (Å²) in [6, 6.07) is 5.15. The van der Waals surface area contributed by atoms with Crippen LogP contribution in [0.1, 0.15) is 25.7 Å². The predicted molar refractivity (Wildman–Crippen MR) is 70.6 cm³/mol. The second-order valence-corrected chi connectivity index (χ2v) is 4.15. The first-order valence-corrected chi connectivity index (χ1v) is 6.19. The number of fused-ring (bicyclic) bond motifs is 1. The number of Topliss-reactive ketones (excluding diaryl/α,β-unsaturated/α-hetero) is 1. The summed E-state index contributed by atoms with van der Waals surface area (Å²) in [7, 11) is 1.51. The monoisotopic (exact) mass is 277 g/mol. The van der Waals surface area contributed by atoms with Gasteiger partial charge in [-0.25, -0.2) is 4.98 Å². The predicted octanol–water partition coefficient (Wildman–Crippen LogP) is 2.07. The van der Waals surface area contributed by atoms with Crippen molar-refractivity contribution in [2.75, 3.05) is 13.7 Å². The van der Waals surface area contributed by atoms with E-state index in [4.69, 9.17) is 13.9 Å². The minimum atomic E-state index is -1.15. The molecule has 0 saturated heterocycles. The molecule has 0 saturated carbocycles. The summed E-state index contributed by atoms with van der Waals surface area (Å²) in [5.74, 6) is -1.65. The van der Waals surface area contributed by atoms with Crippen LogP contribution in [0.5, 0.6) is 5.75 Å². The Labute approximate surface area is 115 Å². The van der Waals surface area contributed by atoms with Crippen molar-refractivity contribution in [2.45, 2.75) is 19.8 Å². The van der Waals surface area contributed by atoms with Crippen LogP contribution in [-0.2, 0) is 14.3 Å². The lowest BCUT2D eigenvalue weighted by atomic mass is 10.1. The Kier molecular flexibility index (Phi) is 4.02. The molecule has 6 heteroatoms. The zero-order chi connectivity index (χ0) is 14.7. The quantitative estimate of drug-likeness (QED) is 0.615. The van der Waals surface area contributed by atoms with Crippen LogP contribution in [-0.4, -0.2) is 30.5 Å². The largest absolute Gasteiger partial charge is 0.494 e. The Morgan fingerprint density at radius 3 is 2.75 bits per heavy atom. The van der Waals surface area contributed by atoms with Gasteiger partial charge in [0.2, 0.25) is 5.89 Å². The fourth-order valence-electron chi connectivity index (χ4n) is 1.89. The van der Waals surface area contributed by atoms with Crippen LogP contribution in [0.15, 0.2) is 22.6 Å². The maximum atomic E-state index is 11.8. The molecule has 1 unspecified atom stereocenters. The first kappa shape index (κ1) is 14.0. The summed E-state index contributed by atoms with van der Waals surface area (Å²) in [5, 5.41) is 0. The van der Waals surface area contributed by atoms with E-state index in [1.165, 1.54) is 14.0 Å². The summed E-state index contributed by atoms with van der Waals surface area (Å²) < 4.78 is 15.5. The maximum absolute atomic E-state index is 11.8. The van der Waals surface area contributed by atoms with Crippen molar-refractivity contribution >= 4 is 22.9 Å². The van der Waals surface area contributed by atoms with Crippen LogP contribution in [0, 0.1) is 0 Å². The molecule has 20 heavy (non-hydrogen) atoms. The molecule has 2 rings (SSSR count). The molecule has 0 radical (unpaired) electrons. The van der Waals surface area contributed by atoms with Crippen molar-refractivity contribution in [1.29, 1.82) is 0 Å². The molecule has 1 aromatic carbocycles. The Morgan fingerprint density at radius 1 is 1.40 bits per heavy atom. The molecule has 2 aromatic rings. The Bertz CT molecular complexity index is 646. The van der Waals surface area contributed by atoms with Crippen LogP contribution >= 0.6 is 0 Å². The third kappa shape index (κ3) is 2.49. The molecule has 0 aliphatic carbocycles. The number of rotatable bonds is 5. The highest BCUT2D eigenvalue weighted by molar-refractivity contribution is 6.02. The topological polar surface area (TPSA) is 78.6 Å². The van der Waals surface area contributed by atoms with Gasteiger partial charge in [0.05, 0.1) is 13.7 Å². The number of hydrogen-bond acceptors (Lipinski definition) is 6. The molecule has 0 spiro atoms. The molecule has 6 nitrogen and oxygen atoms in total. The fourth-order valence-corrected chi connectivity index (χ4v) is 1.89. The second kappa shape index (κ2) is 5.73. The Balaban J connectivity index is 2.49. The van der Waals surface area contributed by atoms with E-state index in [1.807, 2.05) is 0 Å². The maximum Gasteiger partial charge on any atom is 0.326 e. The van der Waals surface area contributed by atoms with Crippen LogP contribution in [0.25, 0.3) is 11.1 Å². The third-order valence-electron chi connectivity index (χ3n) is 2.79. The van der Waals surface area contributed by atoms with E-state index in [0.29, 0.717) is 16.8 Å². The lowest BCUT2D eigenvalue weighted by Crippen LogP contribution is -2.22. The molecular weight excluding hydrogens is 262 g/mol. The molecule has 1 atom stereocenters. The van der Waals surface area contributed by atoms with E-state index in [0.717, 1.165) is 0 Å². The van der Waals surface area contributed by atoms with Gasteiger partial charge < -0.3 is 13.9 Å². The second-order valence-electron chi connectivity index (χ2n) is 4.15. The SMILES string of the molecule is CCOC(=O)C(C(C)=O)c1nc2c(OC)cccc2o1. The molecule has 0 aliphatic heterocycles. The summed E-state index contributed by atoms with van der Waals surface area (Å²) in [6.45, 7) is 3.16.